The third-order valence-electron chi connectivity index (χ3n) is 5.61. The Bertz CT molecular complexity index is 701. The molecule has 2 aromatic rings. The minimum absolute atomic E-state index is 0.101. The van der Waals surface area contributed by atoms with Crippen molar-refractivity contribution in [1.82, 2.24) is 9.80 Å². The third-order valence-corrected chi connectivity index (χ3v) is 5.61. The number of nitrogens with zero attached hydrogens (tertiary/aromatic N) is 2. The normalized spacial score (nSPS) is 15.4. The number of hydrogen-bond acceptors (Lipinski definition) is 2. The predicted molar refractivity (Wildman–Crippen MR) is 118 cm³/mol. The standard InChI is InChI=1S/C15H24N2.C10H13F/c1-3-14-5-7-15(8-6-14)13-17-11-9-16(4-2)10-12-17;1-7(2)9-5-4-8(3)10(11)6-9/h5-8H,3-4,9-13H2,1-2H3;4-7H,1-3H3. The number of piperazine rings is 1. The summed E-state index contributed by atoms with van der Waals surface area (Å²) < 4.78 is 12.9. The van der Waals surface area contributed by atoms with Crippen LogP contribution in [0.15, 0.2) is 42.5 Å². The highest BCUT2D eigenvalue weighted by Gasteiger charge is 2.15. The van der Waals surface area contributed by atoms with Crippen LogP contribution in [0.25, 0.3) is 0 Å². The van der Waals surface area contributed by atoms with Gasteiger partial charge < -0.3 is 4.90 Å². The van der Waals surface area contributed by atoms with E-state index in [0.29, 0.717) is 5.92 Å². The zero-order valence-corrected chi connectivity index (χ0v) is 18.3. The van der Waals surface area contributed by atoms with E-state index in [4.69, 9.17) is 0 Å². The first-order valence-electron chi connectivity index (χ1n) is 10.7. The summed E-state index contributed by atoms with van der Waals surface area (Å²) in [5.74, 6) is 0.307. The van der Waals surface area contributed by atoms with Crippen LogP contribution in [0.2, 0.25) is 0 Å². The highest BCUT2D eigenvalue weighted by Crippen LogP contribution is 2.17. The molecule has 0 unspecified atom stereocenters. The van der Waals surface area contributed by atoms with Crippen LogP contribution < -0.4 is 0 Å². The Kier molecular flexibility index (Phi) is 9.14. The molecule has 0 spiro atoms. The summed E-state index contributed by atoms with van der Waals surface area (Å²) in [5.41, 5.74) is 4.67. The van der Waals surface area contributed by atoms with Crippen LogP contribution in [0, 0.1) is 12.7 Å². The number of halogens is 1. The molecule has 1 aliphatic heterocycles. The fraction of sp³-hybridized carbons (Fsp3) is 0.520. The van der Waals surface area contributed by atoms with Crippen LogP contribution in [-0.2, 0) is 13.0 Å². The number of likely N-dealkylation sites (N-methyl/N-ethyl adjacent to an activating group) is 1. The Hall–Kier alpha value is -1.71. The molecule has 2 aromatic carbocycles. The van der Waals surface area contributed by atoms with Gasteiger partial charge in [0.25, 0.3) is 0 Å². The molecule has 28 heavy (non-hydrogen) atoms. The zero-order chi connectivity index (χ0) is 20.5. The Morgan fingerprint density at radius 1 is 0.857 bits per heavy atom. The van der Waals surface area contributed by atoms with E-state index in [2.05, 4.69) is 61.8 Å². The van der Waals surface area contributed by atoms with Gasteiger partial charge in [-0.1, -0.05) is 64.1 Å². The van der Waals surface area contributed by atoms with Crippen molar-refractivity contribution in [3.05, 3.63) is 70.5 Å². The van der Waals surface area contributed by atoms with Gasteiger partial charge in [-0.2, -0.15) is 0 Å². The van der Waals surface area contributed by atoms with Gasteiger partial charge >= 0.3 is 0 Å². The molecule has 1 saturated heterocycles. The molecule has 3 heteroatoms. The van der Waals surface area contributed by atoms with Crippen LogP contribution in [0.5, 0.6) is 0 Å². The SMILES string of the molecule is CCc1ccc(CN2CCN(CC)CC2)cc1.Cc1ccc(C(C)C)cc1F. The molecule has 154 valence electrons. The first-order valence-corrected chi connectivity index (χ1v) is 10.7. The largest absolute Gasteiger partial charge is 0.301 e. The summed E-state index contributed by atoms with van der Waals surface area (Å²) in [6.45, 7) is 17.5. The molecule has 1 aliphatic rings. The van der Waals surface area contributed by atoms with Crippen molar-refractivity contribution >= 4 is 0 Å². The van der Waals surface area contributed by atoms with Crippen molar-refractivity contribution in [3.63, 3.8) is 0 Å². The van der Waals surface area contributed by atoms with E-state index in [1.807, 2.05) is 12.1 Å². The molecule has 0 aromatic heterocycles. The lowest BCUT2D eigenvalue weighted by Crippen LogP contribution is -2.45. The molecule has 0 radical (unpaired) electrons. The van der Waals surface area contributed by atoms with E-state index in [0.717, 1.165) is 24.1 Å². The molecule has 0 aliphatic carbocycles. The van der Waals surface area contributed by atoms with Gasteiger partial charge in [-0.25, -0.2) is 4.39 Å². The molecule has 0 N–H and O–H groups in total. The van der Waals surface area contributed by atoms with Crippen molar-refractivity contribution in [2.24, 2.45) is 0 Å². The lowest BCUT2D eigenvalue weighted by Gasteiger charge is -2.34. The number of aryl methyl sites for hydroxylation is 2. The molecule has 0 amide bonds. The second-order valence-electron chi connectivity index (χ2n) is 8.04. The van der Waals surface area contributed by atoms with E-state index in [1.165, 1.54) is 43.9 Å². The van der Waals surface area contributed by atoms with Gasteiger partial charge in [0.1, 0.15) is 5.82 Å². The topological polar surface area (TPSA) is 6.48 Å². The summed E-state index contributed by atoms with van der Waals surface area (Å²) >= 11 is 0. The second-order valence-corrected chi connectivity index (χ2v) is 8.04. The maximum absolute atomic E-state index is 12.9. The molecule has 0 bridgehead atoms. The maximum Gasteiger partial charge on any atom is 0.126 e. The fourth-order valence-corrected chi connectivity index (χ4v) is 3.37. The Morgan fingerprint density at radius 3 is 1.93 bits per heavy atom. The highest BCUT2D eigenvalue weighted by atomic mass is 19.1. The van der Waals surface area contributed by atoms with Gasteiger partial charge in [-0.05, 0) is 54.1 Å². The summed E-state index contributed by atoms with van der Waals surface area (Å²) in [6, 6.07) is 14.5. The van der Waals surface area contributed by atoms with Crippen molar-refractivity contribution in [3.8, 4) is 0 Å². The van der Waals surface area contributed by atoms with E-state index < -0.39 is 0 Å². The van der Waals surface area contributed by atoms with Gasteiger partial charge in [-0.15, -0.1) is 0 Å². The molecular formula is C25H37FN2. The molecular weight excluding hydrogens is 347 g/mol. The lowest BCUT2D eigenvalue weighted by molar-refractivity contribution is 0.132. The van der Waals surface area contributed by atoms with E-state index in [-0.39, 0.29) is 5.82 Å². The van der Waals surface area contributed by atoms with Gasteiger partial charge in [0, 0.05) is 32.7 Å². The molecule has 0 atom stereocenters. The quantitative estimate of drug-likeness (QED) is 0.658. The molecule has 0 saturated carbocycles. The fourth-order valence-electron chi connectivity index (χ4n) is 3.37. The van der Waals surface area contributed by atoms with Crippen LogP contribution in [0.3, 0.4) is 0 Å². The zero-order valence-electron chi connectivity index (χ0n) is 18.3. The van der Waals surface area contributed by atoms with Crippen LogP contribution in [0.4, 0.5) is 4.39 Å². The van der Waals surface area contributed by atoms with Crippen LogP contribution in [0.1, 0.15) is 55.9 Å². The predicted octanol–water partition coefficient (Wildman–Crippen LogP) is 5.64. The molecule has 1 fully saturated rings. The molecule has 1 heterocycles. The van der Waals surface area contributed by atoms with Crippen LogP contribution in [-0.4, -0.2) is 42.5 Å². The van der Waals surface area contributed by atoms with Crippen LogP contribution >= 0.6 is 0 Å². The van der Waals surface area contributed by atoms with Gasteiger partial charge in [-0.3, -0.25) is 4.90 Å². The summed E-state index contributed by atoms with van der Waals surface area (Å²) in [6.07, 6.45) is 1.13. The Labute approximate surface area is 171 Å². The maximum atomic E-state index is 12.9. The number of benzene rings is 2. The third kappa shape index (κ3) is 7.03. The Morgan fingerprint density at radius 2 is 1.43 bits per heavy atom. The summed E-state index contributed by atoms with van der Waals surface area (Å²) in [4.78, 5) is 5.09. The summed E-state index contributed by atoms with van der Waals surface area (Å²) in [7, 11) is 0. The highest BCUT2D eigenvalue weighted by molar-refractivity contribution is 5.25. The average Bonchev–Trinajstić information content (AvgIpc) is 2.71. The molecule has 2 nitrogen and oxygen atoms in total. The number of rotatable bonds is 5. The van der Waals surface area contributed by atoms with Gasteiger partial charge in [0.15, 0.2) is 0 Å². The van der Waals surface area contributed by atoms with Gasteiger partial charge in [0.05, 0.1) is 0 Å². The minimum Gasteiger partial charge on any atom is -0.301 e. The second kappa shape index (κ2) is 11.3. The lowest BCUT2D eigenvalue weighted by atomic mass is 10.0. The minimum atomic E-state index is -0.101. The van der Waals surface area contributed by atoms with Gasteiger partial charge in [0.2, 0.25) is 0 Å². The smallest absolute Gasteiger partial charge is 0.126 e. The van der Waals surface area contributed by atoms with Crippen molar-refractivity contribution in [2.75, 3.05) is 32.7 Å². The van der Waals surface area contributed by atoms with E-state index in [1.54, 1.807) is 13.0 Å². The number of hydrogen-bond donors (Lipinski definition) is 0. The van der Waals surface area contributed by atoms with E-state index >= 15 is 0 Å². The Balaban J connectivity index is 0.000000221. The monoisotopic (exact) mass is 384 g/mol. The van der Waals surface area contributed by atoms with Crippen molar-refractivity contribution in [1.29, 1.82) is 0 Å². The first-order chi connectivity index (χ1) is 13.4. The first kappa shape index (κ1) is 22.6. The molecule has 3 rings (SSSR count). The average molecular weight is 385 g/mol. The van der Waals surface area contributed by atoms with Crippen molar-refractivity contribution < 1.29 is 4.39 Å². The van der Waals surface area contributed by atoms with Crippen molar-refractivity contribution in [2.45, 2.75) is 53.5 Å². The van der Waals surface area contributed by atoms with E-state index in [9.17, 15) is 4.39 Å². The summed E-state index contributed by atoms with van der Waals surface area (Å²) in [5, 5.41) is 0.